The van der Waals surface area contributed by atoms with E-state index in [2.05, 4.69) is 35.2 Å². The second kappa shape index (κ2) is 7.19. The van der Waals surface area contributed by atoms with Crippen LogP contribution in [0.4, 0.5) is 11.5 Å². The summed E-state index contributed by atoms with van der Waals surface area (Å²) in [4.78, 5) is 22.0. The zero-order chi connectivity index (χ0) is 19.8. The summed E-state index contributed by atoms with van der Waals surface area (Å²) in [5, 5.41) is 8.17. The third-order valence-corrected chi connectivity index (χ3v) is 5.15. The third-order valence-electron chi connectivity index (χ3n) is 5.15. The van der Waals surface area contributed by atoms with Crippen LogP contribution in [0.3, 0.4) is 0 Å². The maximum atomic E-state index is 12.9. The molecule has 0 aliphatic heterocycles. The number of rotatable bonds is 4. The van der Waals surface area contributed by atoms with Gasteiger partial charge < -0.3 is 5.32 Å². The van der Waals surface area contributed by atoms with E-state index in [1.54, 1.807) is 4.68 Å². The van der Waals surface area contributed by atoms with Crippen molar-refractivity contribution in [2.24, 2.45) is 5.92 Å². The quantitative estimate of drug-likeness (QED) is 0.734. The Bertz CT molecular complexity index is 1030. The van der Waals surface area contributed by atoms with E-state index in [-0.39, 0.29) is 11.7 Å². The van der Waals surface area contributed by atoms with Gasteiger partial charge in [-0.25, -0.2) is 14.6 Å². The number of nitrogens with zero attached hydrogens (tertiary/aromatic N) is 4. The van der Waals surface area contributed by atoms with E-state index in [0.29, 0.717) is 23.8 Å². The van der Waals surface area contributed by atoms with Gasteiger partial charge in [0.2, 0.25) is 0 Å². The molecule has 0 bridgehead atoms. The molecule has 3 aromatic rings. The van der Waals surface area contributed by atoms with Crippen molar-refractivity contribution in [3.05, 3.63) is 58.5 Å². The first-order chi connectivity index (χ1) is 13.5. The van der Waals surface area contributed by atoms with Gasteiger partial charge >= 0.3 is 0 Å². The highest BCUT2D eigenvalue weighted by Gasteiger charge is 2.32. The van der Waals surface area contributed by atoms with Gasteiger partial charge in [-0.05, 0) is 50.3 Å². The molecule has 144 valence electrons. The molecule has 0 amide bonds. The topological polar surface area (TPSA) is 72.7 Å². The van der Waals surface area contributed by atoms with E-state index < -0.39 is 0 Å². The van der Waals surface area contributed by atoms with Crippen LogP contribution in [0.1, 0.15) is 53.3 Å². The Labute approximate surface area is 165 Å². The van der Waals surface area contributed by atoms with Crippen LogP contribution in [-0.4, -0.2) is 25.5 Å². The van der Waals surface area contributed by atoms with Gasteiger partial charge in [-0.2, -0.15) is 0 Å². The fourth-order valence-electron chi connectivity index (χ4n) is 3.89. The SMILES string of the molecule is CCc1ccccc1Nc1nn(-c2nc(C)cc(C)n2)c2c1C(=O)CC(C)C2. The maximum Gasteiger partial charge on any atom is 0.251 e. The molecule has 0 saturated carbocycles. The van der Waals surface area contributed by atoms with Crippen molar-refractivity contribution in [2.45, 2.75) is 47.0 Å². The molecule has 4 rings (SSSR count). The molecule has 0 radical (unpaired) electrons. The van der Waals surface area contributed by atoms with Gasteiger partial charge in [0.25, 0.3) is 5.95 Å². The summed E-state index contributed by atoms with van der Waals surface area (Å²) in [5.41, 5.74) is 5.49. The number of Topliss-reactive ketones (excluding diaryl/α,β-unsaturated/α-hetero) is 1. The van der Waals surface area contributed by atoms with Crippen molar-refractivity contribution in [3.63, 3.8) is 0 Å². The fourth-order valence-corrected chi connectivity index (χ4v) is 3.89. The van der Waals surface area contributed by atoms with Crippen LogP contribution in [-0.2, 0) is 12.8 Å². The van der Waals surface area contributed by atoms with Crippen molar-refractivity contribution in [3.8, 4) is 5.95 Å². The summed E-state index contributed by atoms with van der Waals surface area (Å²) in [6, 6.07) is 10.1. The van der Waals surface area contributed by atoms with E-state index in [0.717, 1.165) is 35.6 Å². The van der Waals surface area contributed by atoms with E-state index in [9.17, 15) is 4.79 Å². The van der Waals surface area contributed by atoms with Crippen LogP contribution in [0.2, 0.25) is 0 Å². The normalized spacial score (nSPS) is 16.1. The van der Waals surface area contributed by atoms with Gasteiger partial charge in [0, 0.05) is 23.5 Å². The zero-order valence-electron chi connectivity index (χ0n) is 16.8. The molecule has 6 heteroatoms. The number of nitrogens with one attached hydrogen (secondary N) is 1. The number of para-hydroxylation sites is 1. The van der Waals surface area contributed by atoms with Crippen LogP contribution in [0, 0.1) is 19.8 Å². The van der Waals surface area contributed by atoms with Crippen molar-refractivity contribution in [1.82, 2.24) is 19.7 Å². The number of anilines is 2. The first kappa shape index (κ1) is 18.3. The summed E-state index contributed by atoms with van der Waals surface area (Å²) >= 11 is 0. The first-order valence-electron chi connectivity index (χ1n) is 9.79. The molecule has 1 aliphatic carbocycles. The van der Waals surface area contributed by atoms with Gasteiger partial charge in [-0.3, -0.25) is 4.79 Å². The number of hydrogen-bond donors (Lipinski definition) is 1. The van der Waals surface area contributed by atoms with Crippen LogP contribution in [0.5, 0.6) is 0 Å². The standard InChI is InChI=1S/C22H25N5O/c1-5-16-8-6-7-9-17(16)25-21-20-18(10-13(2)11-19(20)28)27(26-21)22-23-14(3)12-15(4)24-22/h6-9,12-13H,5,10-11H2,1-4H3,(H,25,26). The van der Waals surface area contributed by atoms with Crippen molar-refractivity contribution < 1.29 is 4.79 Å². The fraction of sp³-hybridized carbons (Fsp3) is 0.364. The monoisotopic (exact) mass is 375 g/mol. The Morgan fingerprint density at radius 3 is 2.57 bits per heavy atom. The number of aryl methyl sites for hydroxylation is 3. The van der Waals surface area contributed by atoms with E-state index >= 15 is 0 Å². The number of benzene rings is 1. The molecule has 1 aromatic carbocycles. The smallest absolute Gasteiger partial charge is 0.251 e. The lowest BCUT2D eigenvalue weighted by atomic mass is 9.88. The zero-order valence-corrected chi connectivity index (χ0v) is 16.8. The minimum Gasteiger partial charge on any atom is -0.338 e. The highest BCUT2D eigenvalue weighted by molar-refractivity contribution is 6.03. The number of hydrogen-bond acceptors (Lipinski definition) is 5. The Morgan fingerprint density at radius 2 is 1.86 bits per heavy atom. The number of fused-ring (bicyclic) bond motifs is 1. The van der Waals surface area contributed by atoms with Crippen molar-refractivity contribution >= 4 is 17.3 Å². The minimum absolute atomic E-state index is 0.126. The lowest BCUT2D eigenvalue weighted by Crippen LogP contribution is -2.20. The minimum atomic E-state index is 0.126. The largest absolute Gasteiger partial charge is 0.338 e. The summed E-state index contributed by atoms with van der Waals surface area (Å²) < 4.78 is 1.75. The summed E-state index contributed by atoms with van der Waals surface area (Å²) in [5.74, 6) is 1.51. The van der Waals surface area contributed by atoms with Gasteiger partial charge in [-0.1, -0.05) is 32.0 Å². The number of aromatic nitrogens is 4. The van der Waals surface area contributed by atoms with Crippen LogP contribution >= 0.6 is 0 Å². The molecule has 0 spiro atoms. The Balaban J connectivity index is 1.87. The predicted molar refractivity (Wildman–Crippen MR) is 110 cm³/mol. The molecule has 2 aromatic heterocycles. The van der Waals surface area contributed by atoms with Crippen LogP contribution in [0.25, 0.3) is 5.95 Å². The van der Waals surface area contributed by atoms with Crippen molar-refractivity contribution in [1.29, 1.82) is 0 Å². The average Bonchev–Trinajstić information content (AvgIpc) is 3.00. The van der Waals surface area contributed by atoms with E-state index in [1.165, 1.54) is 5.56 Å². The number of carbonyl (C=O) groups is 1. The molecule has 1 atom stereocenters. The summed E-state index contributed by atoms with van der Waals surface area (Å²) in [7, 11) is 0. The summed E-state index contributed by atoms with van der Waals surface area (Å²) in [6.07, 6.45) is 2.22. The summed E-state index contributed by atoms with van der Waals surface area (Å²) in [6.45, 7) is 8.10. The van der Waals surface area contributed by atoms with Gasteiger partial charge in [0.05, 0.1) is 11.3 Å². The Hall–Kier alpha value is -3.02. The lowest BCUT2D eigenvalue weighted by Gasteiger charge is -2.19. The maximum absolute atomic E-state index is 12.9. The highest BCUT2D eigenvalue weighted by atomic mass is 16.1. The molecule has 6 nitrogen and oxygen atoms in total. The average molecular weight is 375 g/mol. The molecule has 28 heavy (non-hydrogen) atoms. The predicted octanol–water partition coefficient (Wildman–Crippen LogP) is 4.35. The molecule has 2 heterocycles. The molecular formula is C22H25N5O. The van der Waals surface area contributed by atoms with Gasteiger partial charge in [0.1, 0.15) is 0 Å². The van der Waals surface area contributed by atoms with Gasteiger partial charge in [0.15, 0.2) is 11.6 Å². The molecule has 0 saturated heterocycles. The Kier molecular flexibility index (Phi) is 4.71. The molecular weight excluding hydrogens is 350 g/mol. The van der Waals surface area contributed by atoms with Gasteiger partial charge in [-0.15, -0.1) is 5.10 Å². The lowest BCUT2D eigenvalue weighted by molar-refractivity contribution is 0.0953. The van der Waals surface area contributed by atoms with Crippen LogP contribution < -0.4 is 5.32 Å². The molecule has 0 fully saturated rings. The highest BCUT2D eigenvalue weighted by Crippen LogP contribution is 2.34. The van der Waals surface area contributed by atoms with E-state index in [1.807, 2.05) is 38.1 Å². The molecule has 1 unspecified atom stereocenters. The van der Waals surface area contributed by atoms with E-state index in [4.69, 9.17) is 5.10 Å². The molecule has 1 aliphatic rings. The van der Waals surface area contributed by atoms with Crippen molar-refractivity contribution in [2.75, 3.05) is 5.32 Å². The first-order valence-corrected chi connectivity index (χ1v) is 9.79. The Morgan fingerprint density at radius 1 is 1.14 bits per heavy atom. The second-order valence-corrected chi connectivity index (χ2v) is 7.61. The third kappa shape index (κ3) is 3.30. The van der Waals surface area contributed by atoms with Crippen LogP contribution in [0.15, 0.2) is 30.3 Å². The number of ketones is 1. The molecule has 1 N–H and O–H groups in total. The second-order valence-electron chi connectivity index (χ2n) is 7.61. The number of carbonyl (C=O) groups excluding carboxylic acids is 1.